The first-order valence-electron chi connectivity index (χ1n) is 9.68. The van der Waals surface area contributed by atoms with Crippen LogP contribution in [0.2, 0.25) is 0 Å². The summed E-state index contributed by atoms with van der Waals surface area (Å²) in [7, 11) is -2.42. The van der Waals surface area contributed by atoms with E-state index in [0.717, 1.165) is 10.1 Å². The maximum Gasteiger partial charge on any atom is 0.420 e. The fourth-order valence-electron chi connectivity index (χ4n) is 3.07. The molecule has 11 nitrogen and oxygen atoms in total. The molecule has 4 aromatic rings. The standard InChI is InChI=1S/C21H19N5O6S/c1-31-20-10-18(22-13-23-20)25-19(27)12-26-16-8-7-15(9-17(16)32-21(26)28)33(29,30)24-11-14-5-3-2-4-6-14/h2-10,13,24H,11-12H2,1H3,(H,22,23,25,27). The van der Waals surface area contributed by atoms with Gasteiger partial charge >= 0.3 is 5.76 Å². The van der Waals surface area contributed by atoms with Crippen molar-refractivity contribution in [3.05, 3.63) is 77.0 Å². The van der Waals surface area contributed by atoms with E-state index in [2.05, 4.69) is 20.0 Å². The van der Waals surface area contributed by atoms with E-state index in [0.29, 0.717) is 0 Å². The van der Waals surface area contributed by atoms with E-state index in [9.17, 15) is 18.0 Å². The van der Waals surface area contributed by atoms with Crippen LogP contribution in [0.25, 0.3) is 11.1 Å². The lowest BCUT2D eigenvalue weighted by Crippen LogP contribution is -2.25. The number of hydrogen-bond donors (Lipinski definition) is 2. The molecule has 2 heterocycles. The van der Waals surface area contributed by atoms with Crippen molar-refractivity contribution in [3.8, 4) is 5.88 Å². The van der Waals surface area contributed by atoms with Gasteiger partial charge in [-0.2, -0.15) is 0 Å². The Morgan fingerprint density at radius 1 is 1.12 bits per heavy atom. The average molecular weight is 469 g/mol. The smallest absolute Gasteiger partial charge is 0.420 e. The summed E-state index contributed by atoms with van der Waals surface area (Å²) in [5.41, 5.74) is 1.11. The lowest BCUT2D eigenvalue weighted by atomic mass is 10.2. The molecule has 0 aliphatic rings. The Balaban J connectivity index is 1.52. The molecule has 0 spiro atoms. The molecule has 0 atom stereocenters. The summed E-state index contributed by atoms with van der Waals surface area (Å²) in [5.74, 6) is -0.875. The zero-order chi connectivity index (χ0) is 23.4. The third-order valence-corrected chi connectivity index (χ3v) is 6.08. The van der Waals surface area contributed by atoms with Crippen LogP contribution in [-0.4, -0.2) is 36.0 Å². The second kappa shape index (κ2) is 9.22. The van der Waals surface area contributed by atoms with Crippen molar-refractivity contribution in [2.75, 3.05) is 12.4 Å². The molecule has 4 rings (SSSR count). The van der Waals surface area contributed by atoms with Gasteiger partial charge in [-0.05, 0) is 17.7 Å². The number of sulfonamides is 1. The number of benzene rings is 2. The minimum Gasteiger partial charge on any atom is -0.481 e. The van der Waals surface area contributed by atoms with Crippen LogP contribution in [0.3, 0.4) is 0 Å². The quantitative estimate of drug-likeness (QED) is 0.395. The Bertz CT molecular complexity index is 1460. The fourth-order valence-corrected chi connectivity index (χ4v) is 4.10. The van der Waals surface area contributed by atoms with Gasteiger partial charge in [0.15, 0.2) is 5.58 Å². The molecular weight excluding hydrogens is 450 g/mol. The summed E-state index contributed by atoms with van der Waals surface area (Å²) < 4.78 is 39.0. The van der Waals surface area contributed by atoms with Crippen LogP contribution in [0.1, 0.15) is 5.56 Å². The molecule has 0 bridgehead atoms. The number of anilines is 1. The maximum atomic E-state index is 12.7. The van der Waals surface area contributed by atoms with Crippen LogP contribution < -0.4 is 20.5 Å². The molecule has 33 heavy (non-hydrogen) atoms. The van der Waals surface area contributed by atoms with E-state index in [1.807, 2.05) is 18.2 Å². The SMILES string of the molecule is COc1cc(NC(=O)Cn2c(=O)oc3cc(S(=O)(=O)NCc4ccccc4)ccc32)ncn1. The molecule has 0 unspecified atom stereocenters. The number of nitrogens with zero attached hydrogens (tertiary/aromatic N) is 3. The van der Waals surface area contributed by atoms with E-state index in [1.54, 1.807) is 12.1 Å². The van der Waals surface area contributed by atoms with Crippen LogP contribution in [0.4, 0.5) is 5.82 Å². The molecular formula is C21H19N5O6S. The van der Waals surface area contributed by atoms with Crippen LogP contribution in [0, 0.1) is 0 Å². The van der Waals surface area contributed by atoms with E-state index in [1.165, 1.54) is 37.7 Å². The topological polar surface area (TPSA) is 145 Å². The lowest BCUT2D eigenvalue weighted by Gasteiger charge is -2.08. The summed E-state index contributed by atoms with van der Waals surface area (Å²) in [6.07, 6.45) is 1.22. The Hall–Kier alpha value is -4.03. The molecule has 2 aromatic carbocycles. The molecule has 1 amide bonds. The minimum absolute atomic E-state index is 0.0408. The zero-order valence-electron chi connectivity index (χ0n) is 17.4. The summed E-state index contributed by atoms with van der Waals surface area (Å²) in [6.45, 7) is -0.253. The Morgan fingerprint density at radius 2 is 1.91 bits per heavy atom. The summed E-state index contributed by atoms with van der Waals surface area (Å²) in [4.78, 5) is 32.4. The number of carbonyl (C=O) groups excluding carboxylic acids is 1. The number of fused-ring (bicyclic) bond motifs is 1. The predicted octanol–water partition coefficient (Wildman–Crippen LogP) is 1.51. The monoisotopic (exact) mass is 469 g/mol. The molecule has 170 valence electrons. The van der Waals surface area contributed by atoms with Crippen molar-refractivity contribution < 1.29 is 22.4 Å². The van der Waals surface area contributed by atoms with E-state index in [4.69, 9.17) is 9.15 Å². The number of carbonyl (C=O) groups is 1. The van der Waals surface area contributed by atoms with Crippen molar-refractivity contribution in [1.29, 1.82) is 0 Å². The van der Waals surface area contributed by atoms with Gasteiger partial charge in [-0.25, -0.2) is 27.9 Å². The molecule has 0 fully saturated rings. The molecule has 12 heteroatoms. The van der Waals surface area contributed by atoms with Crippen molar-refractivity contribution >= 4 is 32.8 Å². The van der Waals surface area contributed by atoms with Gasteiger partial charge in [-0.1, -0.05) is 30.3 Å². The number of aromatic nitrogens is 3. The van der Waals surface area contributed by atoms with Crippen molar-refractivity contribution in [3.63, 3.8) is 0 Å². The molecule has 2 N–H and O–H groups in total. The molecule has 0 saturated heterocycles. The summed E-state index contributed by atoms with van der Waals surface area (Å²) in [5, 5.41) is 2.54. The number of nitrogens with one attached hydrogen (secondary N) is 2. The highest BCUT2D eigenvalue weighted by Crippen LogP contribution is 2.19. The highest BCUT2D eigenvalue weighted by molar-refractivity contribution is 7.89. The van der Waals surface area contributed by atoms with Crippen molar-refractivity contribution in [2.45, 2.75) is 18.0 Å². The number of hydrogen-bond acceptors (Lipinski definition) is 8. The normalized spacial score (nSPS) is 11.4. The van der Waals surface area contributed by atoms with E-state index in [-0.39, 0.29) is 40.8 Å². The molecule has 0 aliphatic heterocycles. The van der Waals surface area contributed by atoms with Gasteiger partial charge in [0.25, 0.3) is 0 Å². The highest BCUT2D eigenvalue weighted by Gasteiger charge is 2.19. The second-order valence-corrected chi connectivity index (χ2v) is 8.65. The van der Waals surface area contributed by atoms with E-state index < -0.39 is 21.7 Å². The predicted molar refractivity (Wildman–Crippen MR) is 118 cm³/mol. The van der Waals surface area contributed by atoms with E-state index >= 15 is 0 Å². The van der Waals surface area contributed by atoms with Gasteiger partial charge < -0.3 is 14.5 Å². The largest absolute Gasteiger partial charge is 0.481 e. The molecule has 2 aromatic heterocycles. The van der Waals surface area contributed by atoms with Crippen LogP contribution >= 0.6 is 0 Å². The highest BCUT2D eigenvalue weighted by atomic mass is 32.2. The third-order valence-electron chi connectivity index (χ3n) is 4.68. The second-order valence-electron chi connectivity index (χ2n) is 6.89. The first kappa shape index (κ1) is 22.2. The Labute approximate surface area is 188 Å². The Morgan fingerprint density at radius 3 is 2.67 bits per heavy atom. The molecule has 0 radical (unpaired) electrons. The molecule has 0 aliphatic carbocycles. The summed E-state index contributed by atoms with van der Waals surface area (Å²) in [6, 6.07) is 14.5. The molecule has 0 saturated carbocycles. The maximum absolute atomic E-state index is 12.7. The van der Waals surface area contributed by atoms with Crippen LogP contribution in [0.15, 0.2) is 75.0 Å². The first-order chi connectivity index (χ1) is 15.9. The van der Waals surface area contributed by atoms with Gasteiger partial charge in [0.1, 0.15) is 18.7 Å². The minimum atomic E-state index is -3.85. The number of methoxy groups -OCH3 is 1. The van der Waals surface area contributed by atoms with Crippen molar-refractivity contribution in [1.82, 2.24) is 19.3 Å². The Kier molecular flexibility index (Phi) is 6.20. The van der Waals surface area contributed by atoms with Gasteiger partial charge in [-0.3, -0.25) is 9.36 Å². The third kappa shape index (κ3) is 5.07. The van der Waals surface area contributed by atoms with Gasteiger partial charge in [0.2, 0.25) is 21.8 Å². The number of rotatable bonds is 8. The fraction of sp³-hybridized carbons (Fsp3) is 0.143. The van der Waals surface area contributed by atoms with Gasteiger partial charge in [-0.15, -0.1) is 0 Å². The van der Waals surface area contributed by atoms with Crippen molar-refractivity contribution in [2.24, 2.45) is 0 Å². The van der Waals surface area contributed by atoms with Gasteiger partial charge in [0.05, 0.1) is 17.5 Å². The summed E-state index contributed by atoms with van der Waals surface area (Å²) >= 11 is 0. The average Bonchev–Trinajstić information content (AvgIpc) is 3.12. The van der Waals surface area contributed by atoms with Crippen LogP contribution in [-0.2, 0) is 27.9 Å². The number of ether oxygens (including phenoxy) is 1. The zero-order valence-corrected chi connectivity index (χ0v) is 18.2. The van der Waals surface area contributed by atoms with Gasteiger partial charge in [0, 0.05) is 18.7 Å². The number of oxazole rings is 1. The lowest BCUT2D eigenvalue weighted by molar-refractivity contribution is -0.116. The number of amides is 1. The first-order valence-corrected chi connectivity index (χ1v) is 11.2. The van der Waals surface area contributed by atoms with Crippen LogP contribution in [0.5, 0.6) is 5.88 Å².